The molecule has 0 bridgehead atoms. The summed E-state index contributed by atoms with van der Waals surface area (Å²) in [6.07, 6.45) is -5.26. The van der Waals surface area contributed by atoms with Crippen molar-refractivity contribution >= 4 is 5.91 Å². The van der Waals surface area contributed by atoms with Crippen molar-refractivity contribution in [1.82, 2.24) is 5.43 Å². The van der Waals surface area contributed by atoms with Crippen LogP contribution in [-0.2, 0) is 4.79 Å². The first kappa shape index (κ1) is 13.2. The lowest BCUT2D eigenvalue weighted by molar-refractivity contribution is -0.155. The van der Waals surface area contributed by atoms with E-state index in [4.69, 9.17) is 5.84 Å². The third-order valence-corrected chi connectivity index (χ3v) is 1.75. The molecule has 0 aliphatic carbocycles. The van der Waals surface area contributed by atoms with Crippen molar-refractivity contribution in [1.29, 1.82) is 0 Å². The maximum absolute atomic E-state index is 12.0. The molecule has 0 aromatic heterocycles. The van der Waals surface area contributed by atoms with Crippen LogP contribution in [0, 0.1) is 11.8 Å². The van der Waals surface area contributed by atoms with Crippen LogP contribution < -0.4 is 11.3 Å². The van der Waals surface area contributed by atoms with Gasteiger partial charge in [0.2, 0.25) is 5.91 Å². The molecule has 0 saturated heterocycles. The molecule has 0 spiro atoms. The van der Waals surface area contributed by atoms with E-state index >= 15 is 0 Å². The van der Waals surface area contributed by atoms with Crippen molar-refractivity contribution in [2.75, 3.05) is 0 Å². The number of hydrogen-bond acceptors (Lipinski definition) is 2. The molecular weight excluding hydrogens is 197 g/mol. The van der Waals surface area contributed by atoms with E-state index in [9.17, 15) is 18.0 Å². The standard InChI is InChI=1S/C8H15F3N2O/c1-5(2)3-6(7(14)13-12)4-8(9,10)11/h5-6H,3-4,12H2,1-2H3,(H,13,14). The van der Waals surface area contributed by atoms with Gasteiger partial charge < -0.3 is 0 Å². The van der Waals surface area contributed by atoms with Crippen LogP contribution in [0.25, 0.3) is 0 Å². The minimum Gasteiger partial charge on any atom is -0.294 e. The van der Waals surface area contributed by atoms with Crippen molar-refractivity contribution in [3.63, 3.8) is 0 Å². The number of nitrogens with one attached hydrogen (secondary N) is 1. The fourth-order valence-electron chi connectivity index (χ4n) is 1.25. The molecule has 6 heteroatoms. The van der Waals surface area contributed by atoms with E-state index < -0.39 is 24.4 Å². The van der Waals surface area contributed by atoms with E-state index in [1.807, 2.05) is 0 Å². The van der Waals surface area contributed by atoms with Gasteiger partial charge in [-0.3, -0.25) is 10.2 Å². The molecule has 0 aliphatic heterocycles. The smallest absolute Gasteiger partial charge is 0.294 e. The normalized spacial score (nSPS) is 14.2. The third kappa shape index (κ3) is 5.80. The van der Waals surface area contributed by atoms with Crippen LogP contribution in [0.5, 0.6) is 0 Å². The number of carbonyl (C=O) groups is 1. The van der Waals surface area contributed by atoms with Gasteiger partial charge in [-0.15, -0.1) is 0 Å². The molecule has 1 amide bonds. The molecule has 84 valence electrons. The summed E-state index contributed by atoms with van der Waals surface area (Å²) in [6.45, 7) is 3.51. The second kappa shape index (κ2) is 5.19. The Morgan fingerprint density at radius 1 is 1.43 bits per heavy atom. The highest BCUT2D eigenvalue weighted by Crippen LogP contribution is 2.28. The Hall–Kier alpha value is -0.780. The molecule has 0 saturated carbocycles. The average Bonchev–Trinajstić information content (AvgIpc) is 1.98. The molecule has 3 N–H and O–H groups in total. The molecule has 1 atom stereocenters. The molecule has 14 heavy (non-hydrogen) atoms. The van der Waals surface area contributed by atoms with Gasteiger partial charge in [0, 0.05) is 5.92 Å². The van der Waals surface area contributed by atoms with Gasteiger partial charge in [-0.25, -0.2) is 5.84 Å². The minimum absolute atomic E-state index is 0.0275. The Morgan fingerprint density at radius 2 is 1.93 bits per heavy atom. The average molecular weight is 212 g/mol. The van der Waals surface area contributed by atoms with Gasteiger partial charge in [0.15, 0.2) is 0 Å². The zero-order valence-corrected chi connectivity index (χ0v) is 8.19. The molecule has 0 heterocycles. The quantitative estimate of drug-likeness (QED) is 0.422. The second-order valence-electron chi connectivity index (χ2n) is 3.65. The molecule has 0 fully saturated rings. The number of halogens is 3. The molecule has 0 rings (SSSR count). The van der Waals surface area contributed by atoms with Gasteiger partial charge in [-0.1, -0.05) is 13.8 Å². The predicted octanol–water partition coefficient (Wildman–Crippen LogP) is 1.59. The molecule has 0 aromatic carbocycles. The number of hydrazine groups is 1. The topological polar surface area (TPSA) is 55.1 Å². The SMILES string of the molecule is CC(C)CC(CC(F)(F)F)C(=O)NN. The number of hydrogen-bond donors (Lipinski definition) is 2. The minimum atomic E-state index is -4.33. The van der Waals surface area contributed by atoms with E-state index in [2.05, 4.69) is 0 Å². The summed E-state index contributed by atoms with van der Waals surface area (Å²) in [5.41, 5.74) is 1.75. The maximum Gasteiger partial charge on any atom is 0.389 e. The Bertz CT molecular complexity index is 192. The van der Waals surface area contributed by atoms with Crippen LogP contribution in [-0.4, -0.2) is 12.1 Å². The van der Waals surface area contributed by atoms with Gasteiger partial charge in [0.25, 0.3) is 0 Å². The second-order valence-corrected chi connectivity index (χ2v) is 3.65. The van der Waals surface area contributed by atoms with Gasteiger partial charge in [-0.05, 0) is 12.3 Å². The largest absolute Gasteiger partial charge is 0.389 e. The Balaban J connectivity index is 4.33. The summed E-state index contributed by atoms with van der Waals surface area (Å²) >= 11 is 0. The van der Waals surface area contributed by atoms with E-state index in [1.165, 1.54) is 0 Å². The van der Waals surface area contributed by atoms with Crippen molar-refractivity contribution in [2.45, 2.75) is 32.9 Å². The Kier molecular flexibility index (Phi) is 4.90. The monoisotopic (exact) mass is 212 g/mol. The van der Waals surface area contributed by atoms with Crippen molar-refractivity contribution in [3.05, 3.63) is 0 Å². The maximum atomic E-state index is 12.0. The zero-order chi connectivity index (χ0) is 11.4. The van der Waals surface area contributed by atoms with Crippen LogP contribution in [0.1, 0.15) is 26.7 Å². The Labute approximate surface area is 80.8 Å². The van der Waals surface area contributed by atoms with Gasteiger partial charge >= 0.3 is 6.18 Å². The van der Waals surface area contributed by atoms with Crippen LogP contribution in [0.4, 0.5) is 13.2 Å². The van der Waals surface area contributed by atoms with Crippen LogP contribution in [0.2, 0.25) is 0 Å². The number of rotatable bonds is 4. The van der Waals surface area contributed by atoms with E-state index in [1.54, 1.807) is 19.3 Å². The molecule has 0 aliphatic rings. The lowest BCUT2D eigenvalue weighted by Crippen LogP contribution is -2.38. The molecule has 0 aromatic rings. The molecule has 3 nitrogen and oxygen atoms in total. The van der Waals surface area contributed by atoms with E-state index in [0.29, 0.717) is 0 Å². The van der Waals surface area contributed by atoms with Crippen LogP contribution in [0.15, 0.2) is 0 Å². The summed E-state index contributed by atoms with van der Waals surface area (Å²) in [7, 11) is 0. The highest BCUT2D eigenvalue weighted by molar-refractivity contribution is 5.77. The summed E-state index contributed by atoms with van der Waals surface area (Å²) in [5, 5.41) is 0. The highest BCUT2D eigenvalue weighted by Gasteiger charge is 2.35. The number of alkyl halides is 3. The summed E-state index contributed by atoms with van der Waals surface area (Å²) in [6, 6.07) is 0. The number of nitrogens with two attached hydrogens (primary N) is 1. The lowest BCUT2D eigenvalue weighted by atomic mass is 9.93. The van der Waals surface area contributed by atoms with Crippen molar-refractivity contribution < 1.29 is 18.0 Å². The summed E-state index contributed by atoms with van der Waals surface area (Å²) in [5.74, 6) is 2.99. The van der Waals surface area contributed by atoms with Crippen LogP contribution in [0.3, 0.4) is 0 Å². The predicted molar refractivity (Wildman–Crippen MR) is 45.9 cm³/mol. The fraction of sp³-hybridized carbons (Fsp3) is 0.875. The van der Waals surface area contributed by atoms with E-state index in [0.717, 1.165) is 0 Å². The van der Waals surface area contributed by atoms with Gasteiger partial charge in [-0.2, -0.15) is 13.2 Å². The number of carbonyl (C=O) groups excluding carboxylic acids is 1. The molecule has 1 unspecified atom stereocenters. The summed E-state index contributed by atoms with van der Waals surface area (Å²) in [4.78, 5) is 11.0. The van der Waals surface area contributed by atoms with Gasteiger partial charge in [0.1, 0.15) is 0 Å². The first-order chi connectivity index (χ1) is 6.26. The fourth-order valence-corrected chi connectivity index (χ4v) is 1.25. The van der Waals surface area contributed by atoms with Crippen molar-refractivity contribution in [2.24, 2.45) is 17.7 Å². The first-order valence-electron chi connectivity index (χ1n) is 4.33. The van der Waals surface area contributed by atoms with Crippen molar-refractivity contribution in [3.8, 4) is 0 Å². The summed E-state index contributed by atoms with van der Waals surface area (Å²) < 4.78 is 36.1. The first-order valence-corrected chi connectivity index (χ1v) is 4.33. The lowest BCUT2D eigenvalue weighted by Gasteiger charge is -2.18. The Morgan fingerprint density at radius 3 is 2.21 bits per heavy atom. The third-order valence-electron chi connectivity index (χ3n) is 1.75. The molecule has 0 radical (unpaired) electrons. The van der Waals surface area contributed by atoms with Gasteiger partial charge in [0.05, 0.1) is 6.42 Å². The van der Waals surface area contributed by atoms with E-state index in [-0.39, 0.29) is 12.3 Å². The zero-order valence-electron chi connectivity index (χ0n) is 8.19. The molecular formula is C8H15F3N2O. The highest BCUT2D eigenvalue weighted by atomic mass is 19.4. The number of amides is 1. The van der Waals surface area contributed by atoms with Crippen LogP contribution >= 0.6 is 0 Å².